The van der Waals surface area contributed by atoms with Crippen molar-refractivity contribution >= 4 is 11.8 Å². The maximum Gasteiger partial charge on any atom is 0.272 e. The molecule has 0 fully saturated rings. The van der Waals surface area contributed by atoms with Crippen LogP contribution >= 0.6 is 0 Å². The van der Waals surface area contributed by atoms with Gasteiger partial charge >= 0.3 is 0 Å². The normalized spacial score (nSPS) is 10.2. The van der Waals surface area contributed by atoms with Crippen molar-refractivity contribution in [1.82, 2.24) is 10.9 Å². The Bertz CT molecular complexity index is 812. The summed E-state index contributed by atoms with van der Waals surface area (Å²) in [6.07, 6.45) is 0.814. The number of hydrogen-bond donors (Lipinski definition) is 2. The number of ether oxygens (including phenoxy) is 2. The maximum atomic E-state index is 13.5. The van der Waals surface area contributed by atoms with Gasteiger partial charge in [-0.25, -0.2) is 8.78 Å². The molecule has 2 N–H and O–H groups in total. The summed E-state index contributed by atoms with van der Waals surface area (Å²) in [6.45, 7) is 2.45. The summed E-state index contributed by atoms with van der Waals surface area (Å²) in [5.41, 5.74) is 3.83. The summed E-state index contributed by atoms with van der Waals surface area (Å²) < 4.78 is 37.3. The van der Waals surface area contributed by atoms with Crippen LogP contribution in [0.1, 0.15) is 34.1 Å². The molecule has 2 rings (SSSR count). The van der Waals surface area contributed by atoms with Gasteiger partial charge in [-0.2, -0.15) is 0 Å². The highest BCUT2D eigenvalue weighted by Gasteiger charge is 2.15. The molecule has 0 aliphatic heterocycles. The SMILES string of the molecule is CCCOc1ccc(C(=O)NNC(=O)c2cc(F)ccc2F)cc1OC. The number of nitrogens with one attached hydrogen (secondary N) is 2. The predicted molar refractivity (Wildman–Crippen MR) is 90.1 cm³/mol. The minimum atomic E-state index is -0.981. The van der Waals surface area contributed by atoms with E-state index in [4.69, 9.17) is 9.47 Å². The fourth-order valence-corrected chi connectivity index (χ4v) is 2.06. The Balaban J connectivity index is 2.05. The van der Waals surface area contributed by atoms with E-state index in [9.17, 15) is 18.4 Å². The second kappa shape index (κ2) is 8.80. The lowest BCUT2D eigenvalue weighted by molar-refractivity contribution is 0.0844. The molecule has 2 aromatic carbocycles. The molecule has 0 aromatic heterocycles. The van der Waals surface area contributed by atoms with Crippen molar-refractivity contribution in [3.8, 4) is 11.5 Å². The molecule has 26 heavy (non-hydrogen) atoms. The van der Waals surface area contributed by atoms with Gasteiger partial charge in [0.2, 0.25) is 0 Å². The van der Waals surface area contributed by atoms with Crippen LogP contribution in [0.3, 0.4) is 0 Å². The second-order valence-corrected chi connectivity index (χ2v) is 5.25. The molecule has 2 amide bonds. The fourth-order valence-electron chi connectivity index (χ4n) is 2.06. The number of carbonyl (C=O) groups excluding carboxylic acids is 2. The minimum Gasteiger partial charge on any atom is -0.493 e. The van der Waals surface area contributed by atoms with Crippen molar-refractivity contribution in [2.24, 2.45) is 0 Å². The zero-order valence-electron chi connectivity index (χ0n) is 14.3. The lowest BCUT2D eigenvalue weighted by Crippen LogP contribution is -2.42. The highest BCUT2D eigenvalue weighted by molar-refractivity contribution is 5.99. The zero-order chi connectivity index (χ0) is 19.1. The van der Waals surface area contributed by atoms with Crippen LogP contribution in [0.15, 0.2) is 36.4 Å². The molecule has 0 saturated heterocycles. The molecule has 138 valence electrons. The molecule has 8 heteroatoms. The number of halogens is 2. The minimum absolute atomic E-state index is 0.186. The van der Waals surface area contributed by atoms with Gasteiger partial charge in [0.05, 0.1) is 19.3 Å². The van der Waals surface area contributed by atoms with Gasteiger partial charge in [-0.3, -0.25) is 20.4 Å². The lowest BCUT2D eigenvalue weighted by atomic mass is 10.2. The Kier molecular flexibility index (Phi) is 6.48. The van der Waals surface area contributed by atoms with E-state index in [-0.39, 0.29) is 5.56 Å². The van der Waals surface area contributed by atoms with Crippen molar-refractivity contribution in [1.29, 1.82) is 0 Å². The van der Waals surface area contributed by atoms with E-state index in [0.29, 0.717) is 18.1 Å². The summed E-state index contributed by atoms with van der Waals surface area (Å²) in [5.74, 6) is -2.47. The fraction of sp³-hybridized carbons (Fsp3) is 0.222. The molecular formula is C18H18F2N2O4. The maximum absolute atomic E-state index is 13.5. The van der Waals surface area contributed by atoms with E-state index >= 15 is 0 Å². The molecule has 2 aromatic rings. The standard InChI is InChI=1S/C18H18F2N2O4/c1-3-8-26-15-7-4-11(9-16(15)25-2)17(23)21-22-18(24)13-10-12(19)5-6-14(13)20/h4-7,9-10H,3,8H2,1-2H3,(H,21,23)(H,22,24). The Morgan fingerprint density at radius 2 is 1.73 bits per heavy atom. The first-order chi connectivity index (χ1) is 12.5. The molecule has 0 unspecified atom stereocenters. The van der Waals surface area contributed by atoms with Crippen LogP contribution in [0.2, 0.25) is 0 Å². The molecular weight excluding hydrogens is 346 g/mol. The van der Waals surface area contributed by atoms with Gasteiger partial charge in [0.1, 0.15) is 11.6 Å². The molecule has 0 heterocycles. The number of carbonyl (C=O) groups is 2. The third kappa shape index (κ3) is 4.69. The predicted octanol–water partition coefficient (Wildman–Crippen LogP) is 2.84. The largest absolute Gasteiger partial charge is 0.493 e. The van der Waals surface area contributed by atoms with E-state index in [2.05, 4.69) is 5.43 Å². The van der Waals surface area contributed by atoms with Gasteiger partial charge in [0, 0.05) is 5.56 Å². The van der Waals surface area contributed by atoms with E-state index in [0.717, 1.165) is 24.6 Å². The second-order valence-electron chi connectivity index (χ2n) is 5.25. The van der Waals surface area contributed by atoms with E-state index < -0.39 is 29.0 Å². The Morgan fingerprint density at radius 1 is 1.00 bits per heavy atom. The van der Waals surface area contributed by atoms with Crippen LogP contribution < -0.4 is 20.3 Å². The molecule has 0 spiro atoms. The topological polar surface area (TPSA) is 76.7 Å². The van der Waals surface area contributed by atoms with Crippen molar-refractivity contribution in [3.05, 3.63) is 59.2 Å². The highest BCUT2D eigenvalue weighted by atomic mass is 19.1. The zero-order valence-corrected chi connectivity index (χ0v) is 14.3. The Morgan fingerprint density at radius 3 is 2.42 bits per heavy atom. The summed E-state index contributed by atoms with van der Waals surface area (Å²) in [4.78, 5) is 24.0. The van der Waals surface area contributed by atoms with Crippen LogP contribution in [0.5, 0.6) is 11.5 Å². The van der Waals surface area contributed by atoms with Crippen LogP contribution in [-0.2, 0) is 0 Å². The molecule has 0 saturated carbocycles. The monoisotopic (exact) mass is 364 g/mol. The van der Waals surface area contributed by atoms with E-state index in [1.807, 2.05) is 12.3 Å². The summed E-state index contributed by atoms with van der Waals surface area (Å²) in [6, 6.07) is 6.94. The molecule has 0 aliphatic carbocycles. The smallest absolute Gasteiger partial charge is 0.272 e. The van der Waals surface area contributed by atoms with Gasteiger partial charge in [0.15, 0.2) is 11.5 Å². The summed E-state index contributed by atoms with van der Waals surface area (Å²) in [7, 11) is 1.43. The molecule has 0 bridgehead atoms. The Labute approximate surface area is 149 Å². The average molecular weight is 364 g/mol. The Hall–Kier alpha value is -3.16. The van der Waals surface area contributed by atoms with Crippen molar-refractivity contribution in [2.75, 3.05) is 13.7 Å². The van der Waals surface area contributed by atoms with E-state index in [1.54, 1.807) is 6.07 Å². The first-order valence-corrected chi connectivity index (χ1v) is 7.82. The number of rotatable bonds is 6. The molecule has 0 aliphatic rings. The third-order valence-corrected chi connectivity index (χ3v) is 3.35. The molecule has 6 nitrogen and oxygen atoms in total. The molecule has 0 radical (unpaired) electrons. The van der Waals surface area contributed by atoms with Gasteiger partial charge in [-0.1, -0.05) is 6.92 Å². The third-order valence-electron chi connectivity index (χ3n) is 3.35. The summed E-state index contributed by atoms with van der Waals surface area (Å²) >= 11 is 0. The van der Waals surface area contributed by atoms with Crippen molar-refractivity contribution in [3.63, 3.8) is 0 Å². The van der Waals surface area contributed by atoms with Crippen LogP contribution in [0.25, 0.3) is 0 Å². The lowest BCUT2D eigenvalue weighted by Gasteiger charge is -2.12. The number of hydrogen-bond acceptors (Lipinski definition) is 4. The quantitative estimate of drug-likeness (QED) is 0.773. The first kappa shape index (κ1) is 19.2. The number of amides is 2. The number of benzene rings is 2. The van der Waals surface area contributed by atoms with E-state index in [1.165, 1.54) is 19.2 Å². The molecule has 0 atom stereocenters. The first-order valence-electron chi connectivity index (χ1n) is 7.82. The number of methoxy groups -OCH3 is 1. The van der Waals surface area contributed by atoms with Crippen molar-refractivity contribution < 1.29 is 27.8 Å². The highest BCUT2D eigenvalue weighted by Crippen LogP contribution is 2.28. The summed E-state index contributed by atoms with van der Waals surface area (Å²) in [5, 5.41) is 0. The van der Waals surface area contributed by atoms with Gasteiger partial charge in [0.25, 0.3) is 11.8 Å². The van der Waals surface area contributed by atoms with Gasteiger partial charge in [-0.05, 0) is 42.8 Å². The van der Waals surface area contributed by atoms with Gasteiger partial charge in [-0.15, -0.1) is 0 Å². The van der Waals surface area contributed by atoms with Crippen LogP contribution in [0, 0.1) is 11.6 Å². The van der Waals surface area contributed by atoms with Gasteiger partial charge < -0.3 is 9.47 Å². The van der Waals surface area contributed by atoms with Crippen LogP contribution in [-0.4, -0.2) is 25.5 Å². The van der Waals surface area contributed by atoms with Crippen LogP contribution in [0.4, 0.5) is 8.78 Å². The number of hydrazine groups is 1. The van der Waals surface area contributed by atoms with Crippen molar-refractivity contribution in [2.45, 2.75) is 13.3 Å². The average Bonchev–Trinajstić information content (AvgIpc) is 2.65.